The summed E-state index contributed by atoms with van der Waals surface area (Å²) in [6, 6.07) is 22.8. The Morgan fingerprint density at radius 3 is 2.55 bits per heavy atom. The molecule has 1 heterocycles. The molecule has 0 N–H and O–H groups in total. The van der Waals surface area contributed by atoms with Gasteiger partial charge >= 0.3 is 0 Å². The number of furan rings is 1. The number of hydrogen-bond acceptors (Lipinski definition) is 2. The third kappa shape index (κ3) is 4.34. The van der Waals surface area contributed by atoms with Crippen molar-refractivity contribution in [2.45, 2.75) is 33.1 Å². The molecule has 0 aliphatic heterocycles. The zero-order valence-corrected chi connectivity index (χ0v) is 17.2. The van der Waals surface area contributed by atoms with E-state index in [0.29, 0.717) is 12.3 Å². The second kappa shape index (κ2) is 8.52. The van der Waals surface area contributed by atoms with Crippen molar-refractivity contribution >= 4 is 27.6 Å². The van der Waals surface area contributed by atoms with Gasteiger partial charge in [0, 0.05) is 18.5 Å². The molecule has 3 heteroatoms. The quantitative estimate of drug-likeness (QED) is 0.370. The molecule has 0 spiro atoms. The monoisotopic (exact) mass is 385 g/mol. The van der Waals surface area contributed by atoms with E-state index in [0.717, 1.165) is 42.3 Å². The van der Waals surface area contributed by atoms with Gasteiger partial charge in [0.05, 0.1) is 0 Å². The standard InChI is InChI=1S/C26H27NO2/c1-3-4-14-27(15-13-20-10-11-21-7-5-6-8-22(21)17-20)26(28)25-18-23-16-19(2)9-12-24(23)29-25/h5-12,16-18H,3-4,13-15H2,1-2H3. The summed E-state index contributed by atoms with van der Waals surface area (Å²) in [5, 5.41) is 3.47. The van der Waals surface area contributed by atoms with Crippen LogP contribution in [0.2, 0.25) is 0 Å². The van der Waals surface area contributed by atoms with Gasteiger partial charge in [-0.05, 0) is 54.3 Å². The average Bonchev–Trinajstić information content (AvgIpc) is 3.16. The molecule has 0 saturated heterocycles. The van der Waals surface area contributed by atoms with Crippen LogP contribution >= 0.6 is 0 Å². The summed E-state index contributed by atoms with van der Waals surface area (Å²) in [5.74, 6) is 0.410. The number of benzene rings is 3. The normalized spacial score (nSPS) is 11.2. The number of unbranched alkanes of at least 4 members (excludes halogenated alkanes) is 1. The van der Waals surface area contributed by atoms with E-state index in [1.54, 1.807) is 0 Å². The molecule has 0 radical (unpaired) electrons. The maximum absolute atomic E-state index is 13.2. The van der Waals surface area contributed by atoms with Crippen molar-refractivity contribution in [3.05, 3.63) is 83.6 Å². The number of fused-ring (bicyclic) bond motifs is 2. The molecule has 0 saturated carbocycles. The zero-order valence-electron chi connectivity index (χ0n) is 17.2. The molecular weight excluding hydrogens is 358 g/mol. The van der Waals surface area contributed by atoms with E-state index in [4.69, 9.17) is 4.42 Å². The molecule has 3 aromatic carbocycles. The lowest BCUT2D eigenvalue weighted by molar-refractivity contribution is 0.0725. The molecular formula is C26H27NO2. The van der Waals surface area contributed by atoms with Gasteiger partial charge in [-0.25, -0.2) is 0 Å². The smallest absolute Gasteiger partial charge is 0.289 e. The highest BCUT2D eigenvalue weighted by molar-refractivity contribution is 5.96. The minimum atomic E-state index is -0.0203. The summed E-state index contributed by atoms with van der Waals surface area (Å²) in [7, 11) is 0. The molecule has 0 fully saturated rings. The zero-order chi connectivity index (χ0) is 20.2. The van der Waals surface area contributed by atoms with E-state index >= 15 is 0 Å². The SMILES string of the molecule is CCCCN(CCc1ccc2ccccc2c1)C(=O)c1cc2cc(C)ccc2o1. The fourth-order valence-corrected chi connectivity index (χ4v) is 3.75. The van der Waals surface area contributed by atoms with Crippen LogP contribution in [0.3, 0.4) is 0 Å². The maximum atomic E-state index is 13.2. The van der Waals surface area contributed by atoms with E-state index in [1.165, 1.54) is 16.3 Å². The van der Waals surface area contributed by atoms with Crippen molar-refractivity contribution in [3.63, 3.8) is 0 Å². The predicted molar refractivity (Wildman–Crippen MR) is 119 cm³/mol. The summed E-state index contributed by atoms with van der Waals surface area (Å²) in [5.41, 5.74) is 3.18. The Bertz CT molecular complexity index is 1140. The molecule has 0 aliphatic carbocycles. The molecule has 0 atom stereocenters. The first kappa shape index (κ1) is 19.3. The minimum absolute atomic E-state index is 0.0203. The molecule has 1 aromatic heterocycles. The van der Waals surface area contributed by atoms with Crippen molar-refractivity contribution in [2.75, 3.05) is 13.1 Å². The Hall–Kier alpha value is -3.07. The number of aryl methyl sites for hydroxylation is 1. The van der Waals surface area contributed by atoms with Crippen LogP contribution in [0.4, 0.5) is 0 Å². The highest BCUT2D eigenvalue weighted by atomic mass is 16.3. The maximum Gasteiger partial charge on any atom is 0.289 e. The van der Waals surface area contributed by atoms with Crippen LogP contribution in [0, 0.1) is 6.92 Å². The molecule has 148 valence electrons. The average molecular weight is 386 g/mol. The van der Waals surface area contributed by atoms with Gasteiger partial charge in [-0.3, -0.25) is 4.79 Å². The Labute approximate surface area is 171 Å². The van der Waals surface area contributed by atoms with Crippen LogP contribution in [0.1, 0.15) is 41.4 Å². The number of amides is 1. The molecule has 0 unspecified atom stereocenters. The number of nitrogens with zero attached hydrogens (tertiary/aromatic N) is 1. The fraction of sp³-hybridized carbons (Fsp3) is 0.269. The first-order valence-corrected chi connectivity index (χ1v) is 10.4. The summed E-state index contributed by atoms with van der Waals surface area (Å²) in [6.07, 6.45) is 2.88. The Kier molecular flexibility index (Phi) is 5.66. The molecule has 0 bridgehead atoms. The van der Waals surface area contributed by atoms with Crippen molar-refractivity contribution < 1.29 is 9.21 Å². The second-order valence-corrected chi connectivity index (χ2v) is 7.73. The van der Waals surface area contributed by atoms with E-state index in [9.17, 15) is 4.79 Å². The van der Waals surface area contributed by atoms with Crippen LogP contribution in [-0.4, -0.2) is 23.9 Å². The molecule has 4 rings (SSSR count). The van der Waals surface area contributed by atoms with Crippen LogP contribution in [-0.2, 0) is 6.42 Å². The van der Waals surface area contributed by atoms with Gasteiger partial charge < -0.3 is 9.32 Å². The van der Waals surface area contributed by atoms with Crippen molar-refractivity contribution in [2.24, 2.45) is 0 Å². The van der Waals surface area contributed by atoms with Crippen LogP contribution in [0.5, 0.6) is 0 Å². The van der Waals surface area contributed by atoms with Gasteiger partial charge in [-0.15, -0.1) is 0 Å². The Morgan fingerprint density at radius 2 is 1.72 bits per heavy atom. The summed E-state index contributed by atoms with van der Waals surface area (Å²) in [4.78, 5) is 15.1. The van der Waals surface area contributed by atoms with Crippen molar-refractivity contribution in [1.29, 1.82) is 0 Å². The summed E-state index contributed by atoms with van der Waals surface area (Å²) < 4.78 is 5.86. The van der Waals surface area contributed by atoms with E-state index in [1.807, 2.05) is 30.0 Å². The van der Waals surface area contributed by atoms with E-state index < -0.39 is 0 Å². The summed E-state index contributed by atoms with van der Waals surface area (Å²) >= 11 is 0. The topological polar surface area (TPSA) is 33.5 Å². The highest BCUT2D eigenvalue weighted by Crippen LogP contribution is 2.22. The number of rotatable bonds is 7. The second-order valence-electron chi connectivity index (χ2n) is 7.73. The van der Waals surface area contributed by atoms with E-state index in [2.05, 4.69) is 55.5 Å². The third-order valence-electron chi connectivity index (χ3n) is 5.44. The van der Waals surface area contributed by atoms with Gasteiger partial charge in [0.2, 0.25) is 0 Å². The highest BCUT2D eigenvalue weighted by Gasteiger charge is 2.19. The van der Waals surface area contributed by atoms with Gasteiger partial charge in [-0.2, -0.15) is 0 Å². The number of carbonyl (C=O) groups excluding carboxylic acids is 1. The Morgan fingerprint density at radius 1 is 0.897 bits per heavy atom. The minimum Gasteiger partial charge on any atom is -0.451 e. The van der Waals surface area contributed by atoms with Crippen molar-refractivity contribution in [3.8, 4) is 0 Å². The number of carbonyl (C=O) groups is 1. The lowest BCUT2D eigenvalue weighted by atomic mass is 10.0. The van der Waals surface area contributed by atoms with Crippen molar-refractivity contribution in [1.82, 2.24) is 4.90 Å². The van der Waals surface area contributed by atoms with E-state index in [-0.39, 0.29) is 5.91 Å². The molecule has 29 heavy (non-hydrogen) atoms. The van der Waals surface area contributed by atoms with Crippen LogP contribution < -0.4 is 0 Å². The number of hydrogen-bond donors (Lipinski definition) is 0. The first-order chi connectivity index (χ1) is 14.1. The molecule has 1 amide bonds. The fourth-order valence-electron chi connectivity index (χ4n) is 3.75. The van der Waals surface area contributed by atoms with Gasteiger partial charge in [0.1, 0.15) is 5.58 Å². The molecule has 0 aliphatic rings. The summed E-state index contributed by atoms with van der Waals surface area (Å²) in [6.45, 7) is 5.63. The van der Waals surface area contributed by atoms with Gasteiger partial charge in [0.15, 0.2) is 5.76 Å². The Balaban J connectivity index is 1.53. The lowest BCUT2D eigenvalue weighted by Crippen LogP contribution is -2.33. The molecule has 3 nitrogen and oxygen atoms in total. The first-order valence-electron chi connectivity index (χ1n) is 10.4. The van der Waals surface area contributed by atoms with Gasteiger partial charge in [-0.1, -0.05) is 67.4 Å². The largest absolute Gasteiger partial charge is 0.451 e. The predicted octanol–water partition coefficient (Wildman–Crippen LogP) is 6.38. The molecule has 4 aromatic rings. The van der Waals surface area contributed by atoms with Crippen LogP contribution in [0.15, 0.2) is 71.1 Å². The van der Waals surface area contributed by atoms with Crippen LogP contribution in [0.25, 0.3) is 21.7 Å². The van der Waals surface area contributed by atoms with Gasteiger partial charge in [0.25, 0.3) is 5.91 Å². The third-order valence-corrected chi connectivity index (χ3v) is 5.44. The lowest BCUT2D eigenvalue weighted by Gasteiger charge is -2.21.